The highest BCUT2D eigenvalue weighted by Crippen LogP contribution is 2.18. The predicted octanol–water partition coefficient (Wildman–Crippen LogP) is 1.07. The summed E-state index contributed by atoms with van der Waals surface area (Å²) in [7, 11) is 0. The van der Waals surface area contributed by atoms with E-state index in [1.54, 1.807) is 6.07 Å². The van der Waals surface area contributed by atoms with Crippen molar-refractivity contribution in [1.82, 2.24) is 5.16 Å². The Morgan fingerprint density at radius 1 is 1.77 bits per heavy atom. The smallest absolute Gasteiger partial charge is 0.308 e. The minimum Gasteiger partial charge on any atom is -0.358 e. The number of thioether (sulfide) groups is 1. The molecule has 1 rings (SSSR count). The molecule has 0 aliphatic carbocycles. The summed E-state index contributed by atoms with van der Waals surface area (Å²) in [5.74, 6) is 0.845. The zero-order chi connectivity index (χ0) is 9.68. The summed E-state index contributed by atoms with van der Waals surface area (Å²) in [4.78, 5) is 0.133. The third-order valence-electron chi connectivity index (χ3n) is 1.43. The molecule has 0 aliphatic heterocycles. The van der Waals surface area contributed by atoms with Crippen LogP contribution >= 0.6 is 11.8 Å². The molecule has 0 saturated carbocycles. The molecular weight excluding hydrogens is 190 g/mol. The molecule has 0 radical (unpaired) electrons. The van der Waals surface area contributed by atoms with Crippen molar-refractivity contribution in [3.05, 3.63) is 10.9 Å². The van der Waals surface area contributed by atoms with Crippen LogP contribution in [-0.4, -0.2) is 10.9 Å². The maximum Gasteiger partial charge on any atom is 0.308 e. The standard InChI is InChI=1S/C7H9N3O2S/c1-2-3-4-13-7-6(5-8)10(11)12-9-7/h2-4H2,1H3. The molecule has 70 valence electrons. The van der Waals surface area contributed by atoms with Gasteiger partial charge >= 0.3 is 5.69 Å². The Balaban J connectivity index is 2.62. The molecule has 0 N–H and O–H groups in total. The molecule has 6 heteroatoms. The number of nitriles is 1. The first kappa shape index (κ1) is 9.86. The molecule has 1 heterocycles. The second-order valence-corrected chi connectivity index (χ2v) is 3.48. The van der Waals surface area contributed by atoms with Crippen LogP contribution in [0.2, 0.25) is 0 Å². The largest absolute Gasteiger partial charge is 0.358 e. The minimum atomic E-state index is -0.0545. The van der Waals surface area contributed by atoms with Gasteiger partial charge in [-0.25, -0.2) is 0 Å². The molecule has 5 nitrogen and oxygen atoms in total. The van der Waals surface area contributed by atoms with Gasteiger partial charge in [0.15, 0.2) is 6.07 Å². The molecule has 0 atom stereocenters. The van der Waals surface area contributed by atoms with Crippen LogP contribution in [0, 0.1) is 16.5 Å². The summed E-state index contributed by atoms with van der Waals surface area (Å²) in [5.41, 5.74) is -0.0545. The number of unbranched alkanes of at least 4 members (excludes halogenated alkanes) is 1. The molecule has 1 aromatic heterocycles. The fourth-order valence-corrected chi connectivity index (χ4v) is 1.70. The van der Waals surface area contributed by atoms with Crippen LogP contribution in [0.25, 0.3) is 0 Å². The number of hydrogen-bond donors (Lipinski definition) is 0. The van der Waals surface area contributed by atoms with E-state index >= 15 is 0 Å². The summed E-state index contributed by atoms with van der Waals surface area (Å²) in [5, 5.41) is 23.2. The molecule has 1 aromatic rings. The normalized spacial score (nSPS) is 9.85. The summed E-state index contributed by atoms with van der Waals surface area (Å²) in [6, 6.07) is 1.74. The number of aromatic nitrogens is 2. The van der Waals surface area contributed by atoms with Gasteiger partial charge in [0, 0.05) is 5.75 Å². The van der Waals surface area contributed by atoms with Crippen molar-refractivity contribution < 1.29 is 9.53 Å². The molecular formula is C7H9N3O2S. The average molecular weight is 199 g/mol. The van der Waals surface area contributed by atoms with E-state index in [4.69, 9.17) is 5.26 Å². The van der Waals surface area contributed by atoms with Crippen molar-refractivity contribution in [2.75, 3.05) is 5.75 Å². The van der Waals surface area contributed by atoms with Gasteiger partial charge < -0.3 is 5.21 Å². The third kappa shape index (κ3) is 2.36. The first-order valence-electron chi connectivity index (χ1n) is 3.92. The molecule has 0 aromatic carbocycles. The molecule has 0 unspecified atom stereocenters. The molecule has 13 heavy (non-hydrogen) atoms. The van der Waals surface area contributed by atoms with Gasteiger partial charge in [0.25, 0.3) is 5.03 Å². The Bertz CT molecular complexity index is 318. The molecule has 0 aliphatic rings. The Kier molecular flexibility index (Phi) is 3.58. The van der Waals surface area contributed by atoms with E-state index in [-0.39, 0.29) is 10.6 Å². The van der Waals surface area contributed by atoms with Gasteiger partial charge in [-0.3, -0.25) is 4.63 Å². The molecule has 0 fully saturated rings. The Labute approximate surface area is 79.9 Å². The summed E-state index contributed by atoms with van der Waals surface area (Å²) in [6.45, 7) is 2.07. The topological polar surface area (TPSA) is 76.8 Å². The van der Waals surface area contributed by atoms with E-state index in [1.165, 1.54) is 11.8 Å². The van der Waals surface area contributed by atoms with Gasteiger partial charge in [0.2, 0.25) is 0 Å². The zero-order valence-electron chi connectivity index (χ0n) is 7.19. The first-order chi connectivity index (χ1) is 6.29. The van der Waals surface area contributed by atoms with Crippen molar-refractivity contribution in [1.29, 1.82) is 5.26 Å². The summed E-state index contributed by atoms with van der Waals surface area (Å²) >= 11 is 1.37. The van der Waals surface area contributed by atoms with Crippen LogP contribution in [0.3, 0.4) is 0 Å². The summed E-state index contributed by atoms with van der Waals surface area (Å²) in [6.07, 6.45) is 2.10. The van der Waals surface area contributed by atoms with Crippen LogP contribution in [0.4, 0.5) is 0 Å². The highest BCUT2D eigenvalue weighted by atomic mass is 32.2. The second-order valence-electron chi connectivity index (χ2n) is 2.40. The zero-order valence-corrected chi connectivity index (χ0v) is 8.00. The Morgan fingerprint density at radius 3 is 3.15 bits per heavy atom. The maximum atomic E-state index is 10.8. The molecule has 0 amide bonds. The van der Waals surface area contributed by atoms with Crippen molar-refractivity contribution >= 4 is 11.8 Å². The quantitative estimate of drug-likeness (QED) is 0.412. The summed E-state index contributed by atoms with van der Waals surface area (Å²) < 4.78 is 4.28. The second kappa shape index (κ2) is 4.72. The molecule has 0 bridgehead atoms. The minimum absolute atomic E-state index is 0.0545. The van der Waals surface area contributed by atoms with Crippen LogP contribution < -0.4 is 4.90 Å². The van der Waals surface area contributed by atoms with Crippen LogP contribution in [0.5, 0.6) is 0 Å². The molecule has 0 saturated heterocycles. The van der Waals surface area contributed by atoms with Crippen LogP contribution in [0.1, 0.15) is 25.5 Å². The van der Waals surface area contributed by atoms with Crippen molar-refractivity contribution in [2.45, 2.75) is 24.8 Å². The Morgan fingerprint density at radius 2 is 2.54 bits per heavy atom. The van der Waals surface area contributed by atoms with Gasteiger partial charge in [-0.1, -0.05) is 25.1 Å². The monoisotopic (exact) mass is 199 g/mol. The van der Waals surface area contributed by atoms with E-state index in [0.717, 1.165) is 18.6 Å². The lowest BCUT2D eigenvalue weighted by Crippen LogP contribution is -2.26. The highest BCUT2D eigenvalue weighted by molar-refractivity contribution is 7.99. The fraction of sp³-hybridized carbons (Fsp3) is 0.571. The lowest BCUT2D eigenvalue weighted by atomic mass is 10.4. The van der Waals surface area contributed by atoms with E-state index in [2.05, 4.69) is 16.7 Å². The van der Waals surface area contributed by atoms with Crippen LogP contribution in [-0.2, 0) is 0 Å². The van der Waals surface area contributed by atoms with Gasteiger partial charge in [0.05, 0.1) is 5.16 Å². The van der Waals surface area contributed by atoms with Gasteiger partial charge in [-0.05, 0) is 11.3 Å². The molecule has 0 spiro atoms. The van der Waals surface area contributed by atoms with Gasteiger partial charge in [0.1, 0.15) is 0 Å². The lowest BCUT2D eigenvalue weighted by Gasteiger charge is -1.90. The van der Waals surface area contributed by atoms with E-state index in [9.17, 15) is 5.21 Å². The van der Waals surface area contributed by atoms with Crippen molar-refractivity contribution in [2.24, 2.45) is 0 Å². The van der Waals surface area contributed by atoms with Gasteiger partial charge in [-0.2, -0.15) is 5.26 Å². The average Bonchev–Trinajstić information content (AvgIpc) is 2.47. The maximum absolute atomic E-state index is 10.8. The Hall–Kier alpha value is -1.22. The number of hydrogen-bond acceptors (Lipinski definition) is 5. The van der Waals surface area contributed by atoms with E-state index in [1.807, 2.05) is 0 Å². The SMILES string of the molecule is CCCCSc1no[n+]([O-])c1C#N. The fourth-order valence-electron chi connectivity index (χ4n) is 0.733. The number of nitrogens with zero attached hydrogens (tertiary/aromatic N) is 3. The highest BCUT2D eigenvalue weighted by Gasteiger charge is 2.18. The van der Waals surface area contributed by atoms with E-state index < -0.39 is 0 Å². The van der Waals surface area contributed by atoms with E-state index in [0.29, 0.717) is 5.03 Å². The lowest BCUT2D eigenvalue weighted by molar-refractivity contribution is -0.804. The van der Waals surface area contributed by atoms with Crippen molar-refractivity contribution in [3.63, 3.8) is 0 Å². The van der Waals surface area contributed by atoms with Crippen molar-refractivity contribution in [3.8, 4) is 6.07 Å². The first-order valence-corrected chi connectivity index (χ1v) is 4.90. The number of rotatable bonds is 4. The van der Waals surface area contributed by atoms with Crippen LogP contribution in [0.15, 0.2) is 9.65 Å². The van der Waals surface area contributed by atoms with Gasteiger partial charge in [-0.15, -0.1) is 0 Å². The third-order valence-corrected chi connectivity index (χ3v) is 2.46. The predicted molar refractivity (Wildman–Crippen MR) is 45.8 cm³/mol.